The molecule has 24 heavy (non-hydrogen) atoms. The van der Waals surface area contributed by atoms with Gasteiger partial charge in [-0.25, -0.2) is 8.42 Å². The standard InChI is InChI=1S/C16H24N2O5S/c1-3-7-12(16(20)21)11-17-15(19)13-8-5-6-9-14(13)18-24(22,23)10-4-2/h5-6,8-9,12,18H,3-4,7,10-11H2,1-2H3,(H,17,19)(H,20,21). The number of hydrogen-bond donors (Lipinski definition) is 3. The van der Waals surface area contributed by atoms with Crippen LogP contribution in [0.25, 0.3) is 0 Å². The Labute approximate surface area is 142 Å². The molecule has 0 aliphatic heterocycles. The number of carboxylic acid groups (broad SMARTS) is 1. The number of carboxylic acids is 1. The van der Waals surface area contributed by atoms with Gasteiger partial charge in [0.25, 0.3) is 5.91 Å². The Morgan fingerprint density at radius 1 is 1.17 bits per heavy atom. The van der Waals surface area contributed by atoms with Gasteiger partial charge in [-0.1, -0.05) is 32.4 Å². The van der Waals surface area contributed by atoms with E-state index in [9.17, 15) is 18.0 Å². The summed E-state index contributed by atoms with van der Waals surface area (Å²) in [6.07, 6.45) is 1.61. The van der Waals surface area contributed by atoms with E-state index in [0.29, 0.717) is 19.3 Å². The van der Waals surface area contributed by atoms with Crippen LogP contribution in [-0.2, 0) is 14.8 Å². The summed E-state index contributed by atoms with van der Waals surface area (Å²) in [5.74, 6) is -2.18. The number of aliphatic carboxylic acids is 1. The fourth-order valence-electron chi connectivity index (χ4n) is 2.23. The molecule has 0 saturated heterocycles. The second-order valence-electron chi connectivity index (χ2n) is 5.50. The third-order valence-electron chi connectivity index (χ3n) is 3.41. The van der Waals surface area contributed by atoms with E-state index in [2.05, 4.69) is 10.0 Å². The summed E-state index contributed by atoms with van der Waals surface area (Å²) in [6.45, 7) is 3.62. The Morgan fingerprint density at radius 2 is 1.83 bits per heavy atom. The van der Waals surface area contributed by atoms with Crippen LogP contribution in [0.15, 0.2) is 24.3 Å². The topological polar surface area (TPSA) is 113 Å². The lowest BCUT2D eigenvalue weighted by atomic mass is 10.0. The number of amides is 1. The molecule has 134 valence electrons. The number of sulfonamides is 1. The van der Waals surface area contributed by atoms with Gasteiger partial charge in [-0.15, -0.1) is 0 Å². The molecule has 0 radical (unpaired) electrons. The molecular weight excluding hydrogens is 332 g/mol. The summed E-state index contributed by atoms with van der Waals surface area (Å²) in [5, 5.41) is 11.7. The van der Waals surface area contributed by atoms with Crippen LogP contribution < -0.4 is 10.0 Å². The summed E-state index contributed by atoms with van der Waals surface area (Å²) in [5.41, 5.74) is 0.351. The highest BCUT2D eigenvalue weighted by Crippen LogP contribution is 2.17. The van der Waals surface area contributed by atoms with Gasteiger partial charge in [-0.05, 0) is 25.0 Å². The van der Waals surface area contributed by atoms with Crippen molar-refractivity contribution in [2.75, 3.05) is 17.0 Å². The Balaban J connectivity index is 2.86. The summed E-state index contributed by atoms with van der Waals surface area (Å²) >= 11 is 0. The average Bonchev–Trinajstić information content (AvgIpc) is 2.50. The maximum Gasteiger partial charge on any atom is 0.308 e. The van der Waals surface area contributed by atoms with Crippen LogP contribution in [-0.4, -0.2) is 37.7 Å². The molecule has 1 aromatic carbocycles. The van der Waals surface area contributed by atoms with Crippen LogP contribution in [0.5, 0.6) is 0 Å². The second-order valence-corrected chi connectivity index (χ2v) is 7.34. The molecule has 0 fully saturated rings. The Morgan fingerprint density at radius 3 is 2.42 bits per heavy atom. The molecule has 1 unspecified atom stereocenters. The van der Waals surface area contributed by atoms with Crippen LogP contribution in [0, 0.1) is 5.92 Å². The van der Waals surface area contributed by atoms with Gasteiger partial charge >= 0.3 is 5.97 Å². The molecule has 1 rings (SSSR count). The Bertz CT molecular complexity index is 673. The number of anilines is 1. The maximum atomic E-state index is 12.3. The third kappa shape index (κ3) is 6.19. The molecule has 7 nitrogen and oxygen atoms in total. The number of nitrogens with one attached hydrogen (secondary N) is 2. The van der Waals surface area contributed by atoms with Gasteiger partial charge < -0.3 is 10.4 Å². The highest BCUT2D eigenvalue weighted by Gasteiger charge is 2.20. The van der Waals surface area contributed by atoms with Crippen molar-refractivity contribution in [3.63, 3.8) is 0 Å². The summed E-state index contributed by atoms with van der Waals surface area (Å²) < 4.78 is 26.2. The predicted molar refractivity (Wildman–Crippen MR) is 92.5 cm³/mol. The first-order valence-electron chi connectivity index (χ1n) is 7.91. The Hall–Kier alpha value is -2.09. The van der Waals surface area contributed by atoms with Crippen molar-refractivity contribution in [3.05, 3.63) is 29.8 Å². The molecule has 8 heteroatoms. The lowest BCUT2D eigenvalue weighted by molar-refractivity contribution is -0.141. The number of rotatable bonds is 10. The first-order chi connectivity index (χ1) is 11.3. The molecule has 3 N–H and O–H groups in total. The van der Waals surface area contributed by atoms with Gasteiger partial charge in [-0.3, -0.25) is 14.3 Å². The lowest BCUT2D eigenvalue weighted by Crippen LogP contribution is -2.33. The fraction of sp³-hybridized carbons (Fsp3) is 0.500. The molecule has 0 aliphatic rings. The van der Waals surface area contributed by atoms with Gasteiger partial charge in [0.05, 0.1) is 22.9 Å². The fourth-order valence-corrected chi connectivity index (χ4v) is 3.38. The number of hydrogen-bond acceptors (Lipinski definition) is 4. The largest absolute Gasteiger partial charge is 0.481 e. The van der Waals surface area contributed by atoms with Crippen LogP contribution in [0.3, 0.4) is 0 Å². The van der Waals surface area contributed by atoms with E-state index >= 15 is 0 Å². The molecule has 0 spiro atoms. The summed E-state index contributed by atoms with van der Waals surface area (Å²) in [7, 11) is -3.52. The lowest BCUT2D eigenvalue weighted by Gasteiger charge is -2.15. The van der Waals surface area contributed by atoms with Gasteiger partial charge in [0.2, 0.25) is 10.0 Å². The van der Waals surface area contributed by atoms with Gasteiger partial charge in [0.1, 0.15) is 0 Å². The molecule has 0 heterocycles. The SMILES string of the molecule is CCCC(CNC(=O)c1ccccc1NS(=O)(=O)CCC)C(=O)O. The summed E-state index contributed by atoms with van der Waals surface area (Å²) in [4.78, 5) is 23.4. The summed E-state index contributed by atoms with van der Waals surface area (Å²) in [6, 6.07) is 6.24. The van der Waals surface area contributed by atoms with Crippen LogP contribution in [0.1, 0.15) is 43.5 Å². The van der Waals surface area contributed by atoms with E-state index < -0.39 is 27.8 Å². The zero-order valence-electron chi connectivity index (χ0n) is 13.9. The predicted octanol–water partition coefficient (Wildman–Crippen LogP) is 2.07. The molecule has 0 aromatic heterocycles. The van der Waals surface area contributed by atoms with Gasteiger partial charge in [0, 0.05) is 6.54 Å². The molecule has 1 atom stereocenters. The smallest absolute Gasteiger partial charge is 0.308 e. The molecule has 0 bridgehead atoms. The zero-order chi connectivity index (χ0) is 18.2. The molecule has 1 amide bonds. The van der Waals surface area contributed by atoms with Crippen molar-refractivity contribution in [2.24, 2.45) is 5.92 Å². The monoisotopic (exact) mass is 356 g/mol. The Kier molecular flexibility index (Phi) is 7.70. The molecule has 0 saturated carbocycles. The first-order valence-corrected chi connectivity index (χ1v) is 9.56. The minimum atomic E-state index is -3.52. The highest BCUT2D eigenvalue weighted by molar-refractivity contribution is 7.92. The number of carbonyl (C=O) groups excluding carboxylic acids is 1. The molecule has 1 aromatic rings. The highest BCUT2D eigenvalue weighted by atomic mass is 32.2. The molecular formula is C16H24N2O5S. The van der Waals surface area contributed by atoms with Crippen molar-refractivity contribution in [1.82, 2.24) is 5.32 Å². The van der Waals surface area contributed by atoms with Crippen LogP contribution in [0.2, 0.25) is 0 Å². The normalized spacial score (nSPS) is 12.4. The number of carbonyl (C=O) groups is 2. The van der Waals surface area contributed by atoms with E-state index in [0.717, 1.165) is 0 Å². The minimum absolute atomic E-state index is 0.00193. The maximum absolute atomic E-state index is 12.3. The van der Waals surface area contributed by atoms with Gasteiger partial charge in [-0.2, -0.15) is 0 Å². The zero-order valence-corrected chi connectivity index (χ0v) is 14.7. The quantitative estimate of drug-likeness (QED) is 0.594. The average molecular weight is 356 g/mol. The van der Waals surface area contributed by atoms with E-state index in [-0.39, 0.29) is 23.5 Å². The van der Waals surface area contributed by atoms with E-state index in [4.69, 9.17) is 5.11 Å². The second kappa shape index (κ2) is 9.27. The van der Waals surface area contributed by atoms with E-state index in [1.165, 1.54) is 12.1 Å². The molecule has 0 aliphatic carbocycles. The number of benzene rings is 1. The van der Waals surface area contributed by atoms with Crippen molar-refractivity contribution in [3.8, 4) is 0 Å². The number of para-hydroxylation sites is 1. The van der Waals surface area contributed by atoms with Crippen molar-refractivity contribution < 1.29 is 23.1 Å². The van der Waals surface area contributed by atoms with Crippen molar-refractivity contribution in [2.45, 2.75) is 33.1 Å². The first kappa shape index (κ1) is 20.0. The van der Waals surface area contributed by atoms with E-state index in [1.54, 1.807) is 19.1 Å². The van der Waals surface area contributed by atoms with Crippen LogP contribution in [0.4, 0.5) is 5.69 Å². The van der Waals surface area contributed by atoms with Crippen LogP contribution >= 0.6 is 0 Å². The third-order valence-corrected chi connectivity index (χ3v) is 4.88. The van der Waals surface area contributed by atoms with Crippen molar-refractivity contribution in [1.29, 1.82) is 0 Å². The minimum Gasteiger partial charge on any atom is -0.481 e. The van der Waals surface area contributed by atoms with Crippen molar-refractivity contribution >= 4 is 27.6 Å². The van der Waals surface area contributed by atoms with Gasteiger partial charge in [0.15, 0.2) is 0 Å². The van der Waals surface area contributed by atoms with E-state index in [1.807, 2.05) is 6.92 Å².